The van der Waals surface area contributed by atoms with E-state index in [1.54, 1.807) is 18.4 Å². The van der Waals surface area contributed by atoms with E-state index < -0.39 is 15.7 Å². The van der Waals surface area contributed by atoms with Gasteiger partial charge in [0, 0.05) is 52.6 Å². The maximum absolute atomic E-state index is 10.8. The van der Waals surface area contributed by atoms with E-state index in [1.165, 1.54) is 6.07 Å². The van der Waals surface area contributed by atoms with Gasteiger partial charge in [-0.3, -0.25) is 14.3 Å². The lowest BCUT2D eigenvalue weighted by Crippen LogP contribution is -2.20. The molecular weight excluding hydrogens is 264 g/mol. The predicted octanol–water partition coefficient (Wildman–Crippen LogP) is 1.72. The summed E-state index contributed by atoms with van der Waals surface area (Å²) in [6.45, 7) is 0.924. The monoisotopic (exact) mass is 276 g/mol. The molecule has 1 unspecified atom stereocenters. The Labute approximate surface area is 107 Å². The SMILES string of the molecule is CS(=O)CCNCc1ccc(Cl)cc1[N+](=O)[O-]. The lowest BCUT2D eigenvalue weighted by atomic mass is 10.2. The molecule has 1 aromatic carbocycles. The van der Waals surface area contributed by atoms with Gasteiger partial charge in [-0.25, -0.2) is 0 Å². The Morgan fingerprint density at radius 2 is 2.24 bits per heavy atom. The molecule has 1 N–H and O–H groups in total. The smallest absolute Gasteiger partial charge is 0.275 e. The second kappa shape index (κ2) is 6.68. The summed E-state index contributed by atoms with van der Waals surface area (Å²) >= 11 is 5.70. The van der Waals surface area contributed by atoms with Gasteiger partial charge in [0.1, 0.15) is 0 Å². The molecule has 1 rings (SSSR count). The molecule has 0 aromatic heterocycles. The molecule has 0 saturated heterocycles. The highest BCUT2D eigenvalue weighted by Crippen LogP contribution is 2.22. The fraction of sp³-hybridized carbons (Fsp3) is 0.400. The van der Waals surface area contributed by atoms with Crippen LogP contribution in [0.5, 0.6) is 0 Å². The summed E-state index contributed by atoms with van der Waals surface area (Å²) in [5.41, 5.74) is 0.573. The number of rotatable bonds is 6. The molecule has 0 spiro atoms. The molecule has 1 aromatic rings. The van der Waals surface area contributed by atoms with Crippen molar-refractivity contribution in [2.45, 2.75) is 6.54 Å². The van der Waals surface area contributed by atoms with Crippen LogP contribution in [-0.4, -0.2) is 27.7 Å². The number of halogens is 1. The minimum atomic E-state index is -0.859. The minimum absolute atomic E-state index is 0.00243. The zero-order valence-electron chi connectivity index (χ0n) is 9.31. The number of hydrogen-bond acceptors (Lipinski definition) is 4. The van der Waals surface area contributed by atoms with Crippen molar-refractivity contribution >= 4 is 28.1 Å². The van der Waals surface area contributed by atoms with Crippen molar-refractivity contribution in [2.75, 3.05) is 18.6 Å². The molecule has 0 radical (unpaired) electrons. The third-order valence-corrected chi connectivity index (χ3v) is 3.14. The molecule has 0 fully saturated rings. The third-order valence-electron chi connectivity index (χ3n) is 2.13. The van der Waals surface area contributed by atoms with E-state index >= 15 is 0 Å². The second-order valence-corrected chi connectivity index (χ2v) is 5.48. The average Bonchev–Trinajstić information content (AvgIpc) is 2.25. The van der Waals surface area contributed by atoms with Crippen molar-refractivity contribution in [2.24, 2.45) is 0 Å². The maximum Gasteiger partial charge on any atom is 0.275 e. The van der Waals surface area contributed by atoms with E-state index in [0.717, 1.165) is 0 Å². The molecule has 5 nitrogen and oxygen atoms in total. The van der Waals surface area contributed by atoms with Gasteiger partial charge >= 0.3 is 0 Å². The first-order chi connectivity index (χ1) is 8.00. The number of nitro benzene ring substituents is 1. The van der Waals surface area contributed by atoms with Crippen LogP contribution in [0.25, 0.3) is 0 Å². The number of nitrogens with zero attached hydrogens (tertiary/aromatic N) is 1. The number of nitrogens with one attached hydrogen (secondary N) is 1. The van der Waals surface area contributed by atoms with Gasteiger partial charge in [0.05, 0.1) is 4.92 Å². The molecule has 0 bridgehead atoms. The molecular formula is C10H13ClN2O3S. The van der Waals surface area contributed by atoms with Crippen molar-refractivity contribution < 1.29 is 9.13 Å². The summed E-state index contributed by atoms with van der Waals surface area (Å²) in [6.07, 6.45) is 1.62. The highest BCUT2D eigenvalue weighted by molar-refractivity contribution is 7.84. The van der Waals surface area contributed by atoms with Crippen LogP contribution in [0.15, 0.2) is 18.2 Å². The largest absolute Gasteiger partial charge is 0.311 e. The number of hydrogen-bond donors (Lipinski definition) is 1. The molecule has 0 aliphatic heterocycles. The molecule has 0 heterocycles. The zero-order valence-corrected chi connectivity index (χ0v) is 10.9. The van der Waals surface area contributed by atoms with Crippen LogP contribution in [0.3, 0.4) is 0 Å². The topological polar surface area (TPSA) is 72.2 Å². The fourth-order valence-corrected chi connectivity index (χ4v) is 1.89. The molecule has 0 aliphatic rings. The van der Waals surface area contributed by atoms with Crippen LogP contribution in [0, 0.1) is 10.1 Å². The molecule has 1 atom stereocenters. The first kappa shape index (κ1) is 14.1. The molecule has 0 saturated carbocycles. The Morgan fingerprint density at radius 3 is 2.82 bits per heavy atom. The van der Waals surface area contributed by atoms with E-state index in [9.17, 15) is 14.3 Å². The highest BCUT2D eigenvalue weighted by atomic mass is 35.5. The van der Waals surface area contributed by atoms with E-state index in [0.29, 0.717) is 29.4 Å². The van der Waals surface area contributed by atoms with Gasteiger partial charge < -0.3 is 5.32 Å². The molecule has 0 aliphatic carbocycles. The Hall–Kier alpha value is -0.980. The van der Waals surface area contributed by atoms with Gasteiger partial charge in [-0.15, -0.1) is 0 Å². The third kappa shape index (κ3) is 4.80. The van der Waals surface area contributed by atoms with Gasteiger partial charge in [0.2, 0.25) is 0 Å². The standard InChI is InChI=1S/C10H13ClN2O3S/c1-17(16)5-4-12-7-8-2-3-9(11)6-10(8)13(14)15/h2-3,6,12H,4-5,7H2,1H3. The Kier molecular flexibility index (Phi) is 5.54. The van der Waals surface area contributed by atoms with Gasteiger partial charge in [-0.1, -0.05) is 11.6 Å². The van der Waals surface area contributed by atoms with E-state index in [2.05, 4.69) is 5.32 Å². The first-order valence-electron chi connectivity index (χ1n) is 4.94. The number of nitro groups is 1. The van der Waals surface area contributed by atoms with E-state index in [1.807, 2.05) is 0 Å². The Morgan fingerprint density at radius 1 is 1.53 bits per heavy atom. The maximum atomic E-state index is 10.8. The van der Waals surface area contributed by atoms with Crippen molar-refractivity contribution in [3.05, 3.63) is 38.9 Å². The Balaban J connectivity index is 2.64. The lowest BCUT2D eigenvalue weighted by molar-refractivity contribution is -0.385. The van der Waals surface area contributed by atoms with Gasteiger partial charge in [0.15, 0.2) is 0 Å². The highest BCUT2D eigenvalue weighted by Gasteiger charge is 2.13. The Bertz CT molecular complexity index is 440. The summed E-state index contributed by atoms with van der Waals surface area (Å²) in [5.74, 6) is 0.529. The van der Waals surface area contributed by atoms with Crippen LogP contribution >= 0.6 is 11.6 Å². The summed E-state index contributed by atoms with van der Waals surface area (Å²) in [7, 11) is -0.859. The normalized spacial score (nSPS) is 12.4. The summed E-state index contributed by atoms with van der Waals surface area (Å²) in [5, 5.41) is 14.1. The average molecular weight is 277 g/mol. The summed E-state index contributed by atoms with van der Waals surface area (Å²) in [4.78, 5) is 10.3. The van der Waals surface area contributed by atoms with Gasteiger partial charge in [-0.05, 0) is 12.1 Å². The lowest BCUT2D eigenvalue weighted by Gasteiger charge is -2.05. The van der Waals surface area contributed by atoms with Crippen LogP contribution in [-0.2, 0) is 17.3 Å². The predicted molar refractivity (Wildman–Crippen MR) is 68.7 cm³/mol. The van der Waals surface area contributed by atoms with Gasteiger partial charge in [0.25, 0.3) is 5.69 Å². The molecule has 17 heavy (non-hydrogen) atoms. The second-order valence-electron chi connectivity index (χ2n) is 3.48. The van der Waals surface area contributed by atoms with Crippen molar-refractivity contribution in [3.63, 3.8) is 0 Å². The van der Waals surface area contributed by atoms with Gasteiger partial charge in [-0.2, -0.15) is 0 Å². The molecule has 0 amide bonds. The van der Waals surface area contributed by atoms with Crippen molar-refractivity contribution in [1.82, 2.24) is 5.32 Å². The summed E-state index contributed by atoms with van der Waals surface area (Å²) < 4.78 is 10.8. The van der Waals surface area contributed by atoms with Crippen LogP contribution in [0.1, 0.15) is 5.56 Å². The minimum Gasteiger partial charge on any atom is -0.311 e. The van der Waals surface area contributed by atoms with Crippen LogP contribution in [0.4, 0.5) is 5.69 Å². The summed E-state index contributed by atoms with van der Waals surface area (Å²) in [6, 6.07) is 4.57. The van der Waals surface area contributed by atoms with Crippen LogP contribution < -0.4 is 5.32 Å². The van der Waals surface area contributed by atoms with E-state index in [4.69, 9.17) is 11.6 Å². The van der Waals surface area contributed by atoms with Crippen molar-refractivity contribution in [3.8, 4) is 0 Å². The van der Waals surface area contributed by atoms with Crippen LogP contribution in [0.2, 0.25) is 5.02 Å². The molecule has 7 heteroatoms. The molecule has 94 valence electrons. The first-order valence-corrected chi connectivity index (χ1v) is 7.05. The number of benzene rings is 1. The fourth-order valence-electron chi connectivity index (χ4n) is 1.30. The quantitative estimate of drug-likeness (QED) is 0.488. The van der Waals surface area contributed by atoms with E-state index in [-0.39, 0.29) is 5.69 Å². The van der Waals surface area contributed by atoms with Crippen molar-refractivity contribution in [1.29, 1.82) is 0 Å². The zero-order chi connectivity index (χ0) is 12.8.